The third-order valence-electron chi connectivity index (χ3n) is 4.88. The van der Waals surface area contributed by atoms with Gasteiger partial charge in [-0.3, -0.25) is 4.79 Å². The fourth-order valence-corrected chi connectivity index (χ4v) is 3.13. The molecule has 0 spiro atoms. The fraction of sp³-hybridized carbons (Fsp3) is 0.409. The zero-order valence-electron chi connectivity index (χ0n) is 16.0. The van der Waals surface area contributed by atoms with E-state index in [0.717, 1.165) is 11.3 Å². The summed E-state index contributed by atoms with van der Waals surface area (Å²) >= 11 is 0. The van der Waals surface area contributed by atoms with Crippen LogP contribution in [-0.4, -0.2) is 25.2 Å². The van der Waals surface area contributed by atoms with Gasteiger partial charge in [-0.1, -0.05) is 51.1 Å². The Morgan fingerprint density at radius 2 is 1.93 bits per heavy atom. The van der Waals surface area contributed by atoms with Gasteiger partial charge in [0.15, 0.2) is 11.6 Å². The van der Waals surface area contributed by atoms with Crippen molar-refractivity contribution in [3.05, 3.63) is 59.9 Å². The van der Waals surface area contributed by atoms with E-state index in [1.807, 2.05) is 45.0 Å². The van der Waals surface area contributed by atoms with Crippen molar-refractivity contribution in [1.29, 1.82) is 0 Å². The van der Waals surface area contributed by atoms with Gasteiger partial charge in [-0.05, 0) is 30.0 Å². The van der Waals surface area contributed by atoms with Gasteiger partial charge < -0.3 is 14.8 Å². The van der Waals surface area contributed by atoms with Crippen molar-refractivity contribution in [3.8, 4) is 11.5 Å². The molecule has 1 N–H and O–H groups in total. The Bertz CT molecular complexity index is 800. The third-order valence-corrected chi connectivity index (χ3v) is 4.88. The molecular formula is C22H26FNO3. The molecule has 2 unspecified atom stereocenters. The third kappa shape index (κ3) is 4.59. The summed E-state index contributed by atoms with van der Waals surface area (Å²) in [6.45, 7) is 6.80. The number of carbonyl (C=O) groups is 1. The highest BCUT2D eigenvalue weighted by Gasteiger charge is 2.33. The van der Waals surface area contributed by atoms with Crippen LogP contribution in [0.25, 0.3) is 0 Å². The minimum absolute atomic E-state index is 0.0530. The Kier molecular flexibility index (Phi) is 5.68. The lowest BCUT2D eigenvalue weighted by molar-refractivity contribution is -0.125. The number of benzene rings is 2. The van der Waals surface area contributed by atoms with Crippen molar-refractivity contribution >= 4 is 5.91 Å². The van der Waals surface area contributed by atoms with E-state index in [-0.39, 0.29) is 35.6 Å². The summed E-state index contributed by atoms with van der Waals surface area (Å²) in [4.78, 5) is 13.0. The molecule has 0 fully saturated rings. The van der Waals surface area contributed by atoms with E-state index in [9.17, 15) is 9.18 Å². The molecular weight excluding hydrogens is 345 g/mol. The predicted octanol–water partition coefficient (Wildman–Crippen LogP) is 4.30. The van der Waals surface area contributed by atoms with Crippen LogP contribution in [0.3, 0.4) is 0 Å². The molecule has 1 heterocycles. The number of halogens is 1. The van der Waals surface area contributed by atoms with E-state index in [0.29, 0.717) is 13.0 Å². The maximum Gasteiger partial charge on any atom is 0.228 e. The molecule has 0 radical (unpaired) electrons. The normalized spacial score (nSPS) is 17.4. The number of hydrogen-bond donors (Lipinski definition) is 1. The fourth-order valence-electron chi connectivity index (χ4n) is 3.13. The van der Waals surface area contributed by atoms with Crippen LogP contribution in [-0.2, 0) is 4.79 Å². The first-order chi connectivity index (χ1) is 12.9. The van der Waals surface area contributed by atoms with Crippen LogP contribution < -0.4 is 14.8 Å². The Balaban J connectivity index is 1.72. The summed E-state index contributed by atoms with van der Waals surface area (Å²) in [6, 6.07) is 13.7. The largest absolute Gasteiger partial charge is 0.493 e. The van der Waals surface area contributed by atoms with Gasteiger partial charge >= 0.3 is 0 Å². The van der Waals surface area contributed by atoms with E-state index in [1.54, 1.807) is 18.2 Å². The summed E-state index contributed by atoms with van der Waals surface area (Å²) in [5.74, 6) is 0.238. The quantitative estimate of drug-likeness (QED) is 0.852. The Labute approximate surface area is 159 Å². The molecule has 27 heavy (non-hydrogen) atoms. The number of ether oxygens (including phenoxy) is 2. The summed E-state index contributed by atoms with van der Waals surface area (Å²) < 4.78 is 25.1. The van der Waals surface area contributed by atoms with Crippen molar-refractivity contribution in [2.45, 2.75) is 39.2 Å². The maximum absolute atomic E-state index is 13.8. The van der Waals surface area contributed by atoms with Crippen LogP contribution in [0.1, 0.15) is 38.7 Å². The second kappa shape index (κ2) is 7.99. The highest BCUT2D eigenvalue weighted by atomic mass is 19.1. The van der Waals surface area contributed by atoms with Crippen LogP contribution in [0.5, 0.6) is 11.5 Å². The highest BCUT2D eigenvalue weighted by Crippen LogP contribution is 2.34. The summed E-state index contributed by atoms with van der Waals surface area (Å²) in [6.07, 6.45) is 0.633. The average Bonchev–Trinajstić information content (AvgIpc) is 2.64. The number of carbonyl (C=O) groups excluding carboxylic acids is 1. The number of hydrogen-bond acceptors (Lipinski definition) is 3. The van der Waals surface area contributed by atoms with Crippen LogP contribution in [0.4, 0.5) is 4.39 Å². The molecule has 2 atom stereocenters. The Hall–Kier alpha value is -2.56. The lowest BCUT2D eigenvalue weighted by atomic mass is 9.85. The van der Waals surface area contributed by atoms with Gasteiger partial charge in [0, 0.05) is 5.56 Å². The molecule has 144 valence electrons. The molecule has 2 aromatic carbocycles. The van der Waals surface area contributed by atoms with E-state index in [2.05, 4.69) is 5.32 Å². The number of fused-ring (bicyclic) bond motifs is 1. The van der Waals surface area contributed by atoms with Crippen LogP contribution in [0, 0.1) is 11.2 Å². The maximum atomic E-state index is 13.8. The standard InChI is InChI=1S/C22H26FNO3/c1-22(2,3)20(14-27-19-11-7-5-9-17(19)23)24-21(25)16-12-13-26-18-10-6-4-8-15(16)18/h4-11,16,20H,12-14H2,1-3H3,(H,24,25). The van der Waals surface area contributed by atoms with Crippen molar-refractivity contribution in [2.75, 3.05) is 13.2 Å². The predicted molar refractivity (Wildman–Crippen MR) is 103 cm³/mol. The first-order valence-corrected chi connectivity index (χ1v) is 9.25. The van der Waals surface area contributed by atoms with Crippen molar-refractivity contribution in [3.63, 3.8) is 0 Å². The monoisotopic (exact) mass is 371 g/mol. The van der Waals surface area contributed by atoms with E-state index >= 15 is 0 Å². The second-order valence-electron chi connectivity index (χ2n) is 7.90. The first-order valence-electron chi connectivity index (χ1n) is 9.25. The molecule has 0 bridgehead atoms. The zero-order valence-corrected chi connectivity index (χ0v) is 16.0. The van der Waals surface area contributed by atoms with E-state index in [1.165, 1.54) is 6.07 Å². The van der Waals surface area contributed by atoms with Gasteiger partial charge in [-0.25, -0.2) is 4.39 Å². The van der Waals surface area contributed by atoms with Crippen molar-refractivity contribution in [1.82, 2.24) is 5.32 Å². The number of nitrogens with one attached hydrogen (secondary N) is 1. The zero-order chi connectivity index (χ0) is 19.4. The van der Waals surface area contributed by atoms with E-state index in [4.69, 9.17) is 9.47 Å². The Morgan fingerprint density at radius 3 is 2.67 bits per heavy atom. The first kappa shape index (κ1) is 19.2. The summed E-state index contributed by atoms with van der Waals surface area (Å²) in [5.41, 5.74) is 0.662. The molecule has 4 nitrogen and oxygen atoms in total. The van der Waals surface area contributed by atoms with Gasteiger partial charge in [-0.2, -0.15) is 0 Å². The molecule has 3 rings (SSSR count). The van der Waals surface area contributed by atoms with Crippen molar-refractivity contribution < 1.29 is 18.7 Å². The number of para-hydroxylation sites is 2. The lowest BCUT2D eigenvalue weighted by Gasteiger charge is -2.33. The summed E-state index contributed by atoms with van der Waals surface area (Å²) in [7, 11) is 0. The van der Waals surface area contributed by atoms with E-state index < -0.39 is 5.82 Å². The number of rotatable bonds is 5. The average molecular weight is 371 g/mol. The molecule has 2 aromatic rings. The SMILES string of the molecule is CC(C)(C)C(COc1ccccc1F)NC(=O)C1CCOc2ccccc21. The highest BCUT2D eigenvalue weighted by molar-refractivity contribution is 5.85. The minimum Gasteiger partial charge on any atom is -0.493 e. The van der Waals surface area contributed by atoms with Crippen molar-refractivity contribution in [2.24, 2.45) is 5.41 Å². The topological polar surface area (TPSA) is 47.6 Å². The second-order valence-corrected chi connectivity index (χ2v) is 7.90. The molecule has 5 heteroatoms. The van der Waals surface area contributed by atoms with Crippen LogP contribution in [0.2, 0.25) is 0 Å². The molecule has 0 saturated carbocycles. The summed E-state index contributed by atoms with van der Waals surface area (Å²) in [5, 5.41) is 3.12. The smallest absolute Gasteiger partial charge is 0.228 e. The van der Waals surface area contributed by atoms with Gasteiger partial charge in [0.05, 0.1) is 18.6 Å². The number of amides is 1. The lowest BCUT2D eigenvalue weighted by Crippen LogP contribution is -2.49. The minimum atomic E-state index is -0.408. The Morgan fingerprint density at radius 1 is 1.22 bits per heavy atom. The van der Waals surface area contributed by atoms with Gasteiger partial charge in [0.1, 0.15) is 12.4 Å². The molecule has 1 aliphatic heterocycles. The molecule has 0 aliphatic carbocycles. The van der Waals surface area contributed by atoms with Crippen LogP contribution in [0.15, 0.2) is 48.5 Å². The molecule has 0 aromatic heterocycles. The molecule has 1 amide bonds. The van der Waals surface area contributed by atoms with Gasteiger partial charge in [0.25, 0.3) is 0 Å². The van der Waals surface area contributed by atoms with Crippen LogP contribution >= 0.6 is 0 Å². The van der Waals surface area contributed by atoms with Gasteiger partial charge in [-0.15, -0.1) is 0 Å². The molecule has 0 saturated heterocycles. The molecule has 1 aliphatic rings. The van der Waals surface area contributed by atoms with Gasteiger partial charge in [0.2, 0.25) is 5.91 Å².